The Bertz CT molecular complexity index is 330. The highest BCUT2D eigenvalue weighted by Gasteiger charge is 2.02. The lowest BCUT2D eigenvalue weighted by atomic mass is 10.1. The average Bonchev–Trinajstić information content (AvgIpc) is 2.14. The molecule has 0 aliphatic rings. The van der Waals surface area contributed by atoms with Crippen LogP contribution in [0.1, 0.15) is 25.0 Å². The van der Waals surface area contributed by atoms with Gasteiger partial charge in [0.15, 0.2) is 0 Å². The molecule has 17 heavy (non-hydrogen) atoms. The average molecular weight is 255 g/mol. The fourth-order valence-corrected chi connectivity index (χ4v) is 2.15. The van der Waals surface area contributed by atoms with Crippen molar-refractivity contribution in [3.05, 3.63) is 34.3 Å². The molecule has 96 valence electrons. The van der Waals surface area contributed by atoms with Crippen molar-refractivity contribution in [1.29, 1.82) is 0 Å². The molecular weight excluding hydrogens is 232 g/mol. The summed E-state index contributed by atoms with van der Waals surface area (Å²) in [6.07, 6.45) is 0. The summed E-state index contributed by atoms with van der Waals surface area (Å²) in [6, 6.07) is 6.78. The smallest absolute Gasteiger partial charge is 0.0411 e. The fraction of sp³-hybridized carbons (Fsp3) is 0.571. The maximum Gasteiger partial charge on any atom is 0.0411 e. The number of nitrogens with one attached hydrogen (secondary N) is 1. The molecule has 0 atom stereocenters. The summed E-state index contributed by atoms with van der Waals surface area (Å²) in [6.45, 7) is 9.43. The van der Waals surface area contributed by atoms with Crippen LogP contribution in [0.3, 0.4) is 0 Å². The van der Waals surface area contributed by atoms with Crippen LogP contribution in [0.15, 0.2) is 18.2 Å². The molecular formula is C14H23ClN2. The van der Waals surface area contributed by atoms with Gasteiger partial charge in [-0.1, -0.05) is 31.5 Å². The molecule has 0 saturated heterocycles. The van der Waals surface area contributed by atoms with E-state index < -0.39 is 0 Å². The van der Waals surface area contributed by atoms with Gasteiger partial charge in [0.1, 0.15) is 0 Å². The molecule has 0 aliphatic carbocycles. The van der Waals surface area contributed by atoms with Crippen molar-refractivity contribution in [1.82, 2.24) is 10.2 Å². The minimum atomic E-state index is 0.553. The van der Waals surface area contributed by atoms with Gasteiger partial charge in [-0.05, 0) is 37.2 Å². The number of likely N-dealkylation sites (N-methyl/N-ethyl adjacent to an activating group) is 1. The van der Waals surface area contributed by atoms with Crippen LogP contribution >= 0.6 is 11.6 Å². The summed E-state index contributed by atoms with van der Waals surface area (Å²) in [5, 5.41) is 4.24. The van der Waals surface area contributed by atoms with Gasteiger partial charge in [0.05, 0.1) is 0 Å². The van der Waals surface area contributed by atoms with Gasteiger partial charge in [0.25, 0.3) is 0 Å². The van der Waals surface area contributed by atoms with Crippen LogP contribution in [0.25, 0.3) is 0 Å². The summed E-state index contributed by atoms with van der Waals surface area (Å²) >= 11 is 6.05. The summed E-state index contributed by atoms with van der Waals surface area (Å²) in [7, 11) is 2.14. The first-order chi connectivity index (χ1) is 7.97. The predicted molar refractivity (Wildman–Crippen MR) is 75.7 cm³/mol. The second kappa shape index (κ2) is 7.00. The molecule has 1 aromatic rings. The van der Waals surface area contributed by atoms with Crippen molar-refractivity contribution in [2.75, 3.05) is 20.1 Å². The number of hydrogen-bond acceptors (Lipinski definition) is 2. The van der Waals surface area contributed by atoms with Crippen molar-refractivity contribution in [3.63, 3.8) is 0 Å². The van der Waals surface area contributed by atoms with E-state index in [-0.39, 0.29) is 0 Å². The third-order valence-corrected chi connectivity index (χ3v) is 2.82. The largest absolute Gasteiger partial charge is 0.313 e. The van der Waals surface area contributed by atoms with Crippen molar-refractivity contribution in [3.8, 4) is 0 Å². The number of benzene rings is 1. The molecule has 3 heteroatoms. The van der Waals surface area contributed by atoms with E-state index in [2.05, 4.69) is 44.1 Å². The number of nitrogens with zero attached hydrogens (tertiary/aromatic N) is 1. The Morgan fingerprint density at radius 3 is 2.59 bits per heavy atom. The molecule has 1 N–H and O–H groups in total. The zero-order valence-corrected chi connectivity index (χ0v) is 12.0. The molecule has 1 aromatic carbocycles. The number of rotatable bonds is 6. The van der Waals surface area contributed by atoms with Gasteiger partial charge in [-0.25, -0.2) is 0 Å². The molecule has 0 aromatic heterocycles. The Labute approximate surface area is 110 Å². The van der Waals surface area contributed by atoms with Gasteiger partial charge in [-0.15, -0.1) is 0 Å². The van der Waals surface area contributed by atoms with Gasteiger partial charge in [0.2, 0.25) is 0 Å². The molecule has 0 spiro atoms. The lowest BCUT2D eigenvalue weighted by Crippen LogP contribution is -2.32. The summed E-state index contributed by atoms with van der Waals surface area (Å²) in [5.41, 5.74) is 2.50. The first-order valence-electron chi connectivity index (χ1n) is 6.15. The van der Waals surface area contributed by atoms with Gasteiger partial charge in [0, 0.05) is 30.7 Å². The van der Waals surface area contributed by atoms with E-state index in [0.717, 1.165) is 24.7 Å². The first-order valence-corrected chi connectivity index (χ1v) is 6.53. The van der Waals surface area contributed by atoms with E-state index in [9.17, 15) is 0 Å². The third-order valence-electron chi connectivity index (χ3n) is 2.60. The topological polar surface area (TPSA) is 15.3 Å². The van der Waals surface area contributed by atoms with E-state index in [1.54, 1.807) is 0 Å². The Morgan fingerprint density at radius 2 is 2.00 bits per heavy atom. The molecule has 2 nitrogen and oxygen atoms in total. The molecule has 0 unspecified atom stereocenters. The minimum absolute atomic E-state index is 0.553. The summed E-state index contributed by atoms with van der Waals surface area (Å²) < 4.78 is 0. The van der Waals surface area contributed by atoms with E-state index in [1.807, 2.05) is 12.1 Å². The fourth-order valence-electron chi connectivity index (χ4n) is 1.84. The molecule has 0 aliphatic heterocycles. The Kier molecular flexibility index (Phi) is 5.96. The Balaban J connectivity index is 2.42. The van der Waals surface area contributed by atoms with E-state index in [1.165, 1.54) is 11.1 Å². The third kappa shape index (κ3) is 6.06. The summed E-state index contributed by atoms with van der Waals surface area (Å²) in [4.78, 5) is 2.31. The SMILES string of the molecule is Cc1cc(Cl)cc(CN(C)CCNC(C)C)c1. The standard InChI is InChI=1S/C14H23ClN2/c1-11(2)16-5-6-17(4)10-13-7-12(3)8-14(15)9-13/h7-9,11,16H,5-6,10H2,1-4H3. The number of hydrogen-bond donors (Lipinski definition) is 1. The van der Waals surface area contributed by atoms with Crippen LogP contribution in [0, 0.1) is 6.92 Å². The van der Waals surface area contributed by atoms with Crippen LogP contribution < -0.4 is 5.32 Å². The van der Waals surface area contributed by atoms with Crippen molar-refractivity contribution in [2.45, 2.75) is 33.4 Å². The van der Waals surface area contributed by atoms with Gasteiger partial charge in [-0.3, -0.25) is 0 Å². The predicted octanol–water partition coefficient (Wildman–Crippen LogP) is 3.08. The number of halogens is 1. The van der Waals surface area contributed by atoms with Gasteiger partial charge in [-0.2, -0.15) is 0 Å². The van der Waals surface area contributed by atoms with E-state index >= 15 is 0 Å². The van der Waals surface area contributed by atoms with Crippen LogP contribution in [-0.2, 0) is 6.54 Å². The van der Waals surface area contributed by atoms with Crippen LogP contribution in [-0.4, -0.2) is 31.1 Å². The van der Waals surface area contributed by atoms with Gasteiger partial charge >= 0.3 is 0 Å². The maximum atomic E-state index is 6.05. The molecule has 0 heterocycles. The lowest BCUT2D eigenvalue weighted by Gasteiger charge is -2.18. The van der Waals surface area contributed by atoms with Gasteiger partial charge < -0.3 is 10.2 Å². The normalized spacial score (nSPS) is 11.5. The molecule has 1 rings (SSSR count). The van der Waals surface area contributed by atoms with Crippen LogP contribution in [0.2, 0.25) is 5.02 Å². The van der Waals surface area contributed by atoms with Crippen molar-refractivity contribution in [2.24, 2.45) is 0 Å². The Hall–Kier alpha value is -0.570. The van der Waals surface area contributed by atoms with E-state index in [4.69, 9.17) is 11.6 Å². The minimum Gasteiger partial charge on any atom is -0.313 e. The highest BCUT2D eigenvalue weighted by Crippen LogP contribution is 2.15. The van der Waals surface area contributed by atoms with Crippen molar-refractivity contribution < 1.29 is 0 Å². The zero-order valence-electron chi connectivity index (χ0n) is 11.3. The first kappa shape index (κ1) is 14.5. The quantitative estimate of drug-likeness (QED) is 0.839. The second-order valence-electron chi connectivity index (χ2n) is 4.98. The van der Waals surface area contributed by atoms with Crippen molar-refractivity contribution >= 4 is 11.6 Å². The maximum absolute atomic E-state index is 6.05. The molecule has 0 saturated carbocycles. The summed E-state index contributed by atoms with van der Waals surface area (Å²) in [5.74, 6) is 0. The van der Waals surface area contributed by atoms with E-state index in [0.29, 0.717) is 6.04 Å². The molecule has 0 bridgehead atoms. The molecule has 0 fully saturated rings. The highest BCUT2D eigenvalue weighted by atomic mass is 35.5. The molecule has 0 amide bonds. The van der Waals surface area contributed by atoms with Crippen LogP contribution in [0.5, 0.6) is 0 Å². The highest BCUT2D eigenvalue weighted by molar-refractivity contribution is 6.30. The monoisotopic (exact) mass is 254 g/mol. The zero-order chi connectivity index (χ0) is 12.8. The number of aryl methyl sites for hydroxylation is 1. The second-order valence-corrected chi connectivity index (χ2v) is 5.42. The molecule has 0 radical (unpaired) electrons. The lowest BCUT2D eigenvalue weighted by molar-refractivity contribution is 0.320. The van der Waals surface area contributed by atoms with Crippen LogP contribution in [0.4, 0.5) is 0 Å². The Morgan fingerprint density at radius 1 is 1.29 bits per heavy atom.